The van der Waals surface area contributed by atoms with E-state index in [4.69, 9.17) is 4.74 Å². The van der Waals surface area contributed by atoms with Gasteiger partial charge in [-0.1, -0.05) is 36.8 Å². The number of aliphatic hydroxyl groups excluding tert-OH is 1. The molecular weight excluding hydrogens is 267 g/mol. The predicted molar refractivity (Wildman–Crippen MR) is 80.0 cm³/mol. The standard InChI is InChI=1S/C18H19FO2/c1-21-16-10-4-9-15(19)17(16)18(20)14-8-3-7-13(11-14)12-5-2-6-12/h3-4,7-12,18,20H,2,5-6H2,1H3. The van der Waals surface area contributed by atoms with Gasteiger partial charge in [0.15, 0.2) is 0 Å². The van der Waals surface area contributed by atoms with Crippen LogP contribution >= 0.6 is 0 Å². The van der Waals surface area contributed by atoms with Crippen LogP contribution in [0.15, 0.2) is 42.5 Å². The van der Waals surface area contributed by atoms with Gasteiger partial charge in [0.2, 0.25) is 0 Å². The lowest BCUT2D eigenvalue weighted by atomic mass is 9.79. The maximum Gasteiger partial charge on any atom is 0.133 e. The van der Waals surface area contributed by atoms with Crippen LogP contribution in [0.2, 0.25) is 0 Å². The molecule has 0 amide bonds. The lowest BCUT2D eigenvalue weighted by molar-refractivity contribution is 0.208. The monoisotopic (exact) mass is 286 g/mol. The topological polar surface area (TPSA) is 29.5 Å². The molecule has 0 saturated heterocycles. The van der Waals surface area contributed by atoms with Crippen LogP contribution < -0.4 is 4.74 Å². The molecule has 1 saturated carbocycles. The predicted octanol–water partition coefficient (Wildman–Crippen LogP) is 4.18. The number of hydrogen-bond acceptors (Lipinski definition) is 2. The molecule has 1 N–H and O–H groups in total. The molecule has 21 heavy (non-hydrogen) atoms. The first-order valence-electron chi connectivity index (χ1n) is 7.31. The van der Waals surface area contributed by atoms with Gasteiger partial charge >= 0.3 is 0 Å². The van der Waals surface area contributed by atoms with Gasteiger partial charge in [-0.15, -0.1) is 0 Å². The van der Waals surface area contributed by atoms with Gasteiger partial charge in [-0.3, -0.25) is 0 Å². The van der Waals surface area contributed by atoms with Gasteiger partial charge in [-0.25, -0.2) is 4.39 Å². The molecule has 0 heterocycles. The highest BCUT2D eigenvalue weighted by Gasteiger charge is 2.23. The Morgan fingerprint density at radius 3 is 2.62 bits per heavy atom. The van der Waals surface area contributed by atoms with Crippen molar-refractivity contribution in [1.82, 2.24) is 0 Å². The van der Waals surface area contributed by atoms with Gasteiger partial charge < -0.3 is 9.84 Å². The lowest BCUT2D eigenvalue weighted by Gasteiger charge is -2.26. The molecule has 110 valence electrons. The molecule has 1 unspecified atom stereocenters. The van der Waals surface area contributed by atoms with Crippen molar-refractivity contribution in [3.63, 3.8) is 0 Å². The van der Waals surface area contributed by atoms with Crippen LogP contribution in [0, 0.1) is 5.82 Å². The lowest BCUT2D eigenvalue weighted by Crippen LogP contribution is -2.10. The highest BCUT2D eigenvalue weighted by Crippen LogP contribution is 2.38. The average molecular weight is 286 g/mol. The summed E-state index contributed by atoms with van der Waals surface area (Å²) >= 11 is 0. The van der Waals surface area contributed by atoms with E-state index in [9.17, 15) is 9.50 Å². The summed E-state index contributed by atoms with van der Waals surface area (Å²) in [6, 6.07) is 12.4. The smallest absolute Gasteiger partial charge is 0.133 e. The highest BCUT2D eigenvalue weighted by atomic mass is 19.1. The molecule has 0 radical (unpaired) electrons. The van der Waals surface area contributed by atoms with Crippen molar-refractivity contribution in [3.8, 4) is 5.75 Å². The Balaban J connectivity index is 1.96. The third-order valence-electron chi connectivity index (χ3n) is 4.31. The molecule has 1 aliphatic rings. The quantitative estimate of drug-likeness (QED) is 0.913. The Kier molecular flexibility index (Phi) is 3.93. The van der Waals surface area contributed by atoms with Crippen LogP contribution in [0.3, 0.4) is 0 Å². The van der Waals surface area contributed by atoms with Gasteiger partial charge in [-0.05, 0) is 42.0 Å². The number of halogens is 1. The fraction of sp³-hybridized carbons (Fsp3) is 0.333. The van der Waals surface area contributed by atoms with E-state index >= 15 is 0 Å². The number of hydrogen-bond donors (Lipinski definition) is 1. The van der Waals surface area contributed by atoms with E-state index in [1.807, 2.05) is 18.2 Å². The first-order chi connectivity index (χ1) is 10.2. The van der Waals surface area contributed by atoms with Crippen LogP contribution in [0.5, 0.6) is 5.75 Å². The molecule has 2 aromatic carbocycles. The summed E-state index contributed by atoms with van der Waals surface area (Å²) in [6.45, 7) is 0. The molecule has 0 spiro atoms. The largest absolute Gasteiger partial charge is 0.496 e. The summed E-state index contributed by atoms with van der Waals surface area (Å²) in [6.07, 6.45) is 2.64. The summed E-state index contributed by atoms with van der Waals surface area (Å²) < 4.78 is 19.2. The molecule has 2 aromatic rings. The molecule has 1 fully saturated rings. The fourth-order valence-corrected chi connectivity index (χ4v) is 2.85. The van der Waals surface area contributed by atoms with E-state index in [2.05, 4.69) is 6.07 Å². The van der Waals surface area contributed by atoms with Gasteiger partial charge in [0, 0.05) is 0 Å². The zero-order valence-electron chi connectivity index (χ0n) is 12.1. The minimum Gasteiger partial charge on any atom is -0.496 e. The van der Waals surface area contributed by atoms with Gasteiger partial charge in [0.25, 0.3) is 0 Å². The van der Waals surface area contributed by atoms with E-state index in [-0.39, 0.29) is 5.56 Å². The van der Waals surface area contributed by atoms with Crippen molar-refractivity contribution in [2.24, 2.45) is 0 Å². The molecule has 0 aliphatic heterocycles. The Labute approximate surface area is 124 Å². The number of aliphatic hydroxyl groups is 1. The van der Waals surface area contributed by atoms with Crippen molar-refractivity contribution in [3.05, 3.63) is 65.0 Å². The number of rotatable bonds is 4. The zero-order chi connectivity index (χ0) is 14.8. The van der Waals surface area contributed by atoms with Gasteiger partial charge in [0.1, 0.15) is 17.7 Å². The Morgan fingerprint density at radius 1 is 1.19 bits per heavy atom. The number of methoxy groups -OCH3 is 1. The van der Waals surface area contributed by atoms with E-state index in [1.54, 1.807) is 12.1 Å². The Hall–Kier alpha value is -1.87. The second-order valence-electron chi connectivity index (χ2n) is 5.56. The third kappa shape index (κ3) is 2.66. The summed E-state index contributed by atoms with van der Waals surface area (Å²) in [7, 11) is 1.48. The first kappa shape index (κ1) is 14.1. The highest BCUT2D eigenvalue weighted by molar-refractivity contribution is 5.42. The summed E-state index contributed by atoms with van der Waals surface area (Å²) in [5.74, 6) is 0.507. The van der Waals surface area contributed by atoms with Crippen LogP contribution in [0.25, 0.3) is 0 Å². The average Bonchev–Trinajstić information content (AvgIpc) is 2.45. The van der Waals surface area contributed by atoms with E-state index < -0.39 is 11.9 Å². The number of ether oxygens (including phenoxy) is 1. The van der Waals surface area contributed by atoms with Gasteiger partial charge in [-0.2, -0.15) is 0 Å². The molecular formula is C18H19FO2. The van der Waals surface area contributed by atoms with E-state index in [0.717, 1.165) is 0 Å². The maximum atomic E-state index is 14.1. The zero-order valence-corrected chi connectivity index (χ0v) is 12.1. The normalized spacial score (nSPS) is 16.3. The van der Waals surface area contributed by atoms with E-state index in [0.29, 0.717) is 17.2 Å². The van der Waals surface area contributed by atoms with E-state index in [1.165, 1.54) is 38.0 Å². The van der Waals surface area contributed by atoms with Crippen molar-refractivity contribution in [2.75, 3.05) is 7.11 Å². The molecule has 1 atom stereocenters. The molecule has 0 bridgehead atoms. The fourth-order valence-electron chi connectivity index (χ4n) is 2.85. The van der Waals surface area contributed by atoms with Gasteiger partial charge in [0.05, 0.1) is 12.7 Å². The second kappa shape index (κ2) is 5.86. The maximum absolute atomic E-state index is 14.1. The van der Waals surface area contributed by atoms with Crippen LogP contribution in [0.4, 0.5) is 4.39 Å². The Morgan fingerprint density at radius 2 is 1.95 bits per heavy atom. The minimum atomic E-state index is -1.01. The molecule has 1 aliphatic carbocycles. The van der Waals surface area contributed by atoms with Crippen LogP contribution in [-0.4, -0.2) is 12.2 Å². The Bertz CT molecular complexity index is 635. The first-order valence-corrected chi connectivity index (χ1v) is 7.31. The van der Waals surface area contributed by atoms with Crippen LogP contribution in [-0.2, 0) is 0 Å². The second-order valence-corrected chi connectivity index (χ2v) is 5.56. The molecule has 2 nitrogen and oxygen atoms in total. The molecule has 0 aromatic heterocycles. The SMILES string of the molecule is COc1cccc(F)c1C(O)c1cccc(C2CCC2)c1. The molecule has 3 heteroatoms. The molecule has 3 rings (SSSR count). The minimum absolute atomic E-state index is 0.200. The van der Waals surface area contributed by atoms with Crippen molar-refractivity contribution < 1.29 is 14.2 Å². The van der Waals surface area contributed by atoms with Crippen molar-refractivity contribution in [1.29, 1.82) is 0 Å². The third-order valence-corrected chi connectivity index (χ3v) is 4.31. The van der Waals surface area contributed by atoms with Crippen molar-refractivity contribution in [2.45, 2.75) is 31.3 Å². The number of benzene rings is 2. The van der Waals surface area contributed by atoms with Crippen LogP contribution in [0.1, 0.15) is 48.0 Å². The summed E-state index contributed by atoms with van der Waals surface area (Å²) in [5.41, 5.74) is 2.14. The summed E-state index contributed by atoms with van der Waals surface area (Å²) in [4.78, 5) is 0. The van der Waals surface area contributed by atoms with Crippen molar-refractivity contribution >= 4 is 0 Å². The summed E-state index contributed by atoms with van der Waals surface area (Å²) in [5, 5.41) is 10.6.